The summed E-state index contributed by atoms with van der Waals surface area (Å²) in [7, 11) is 1.36. The van der Waals surface area contributed by atoms with E-state index in [1.54, 1.807) is 18.3 Å². The number of carbonyl (C=O) groups excluding carboxylic acids is 2. The maximum Gasteiger partial charge on any atom is 0.337 e. The fraction of sp³-hybridized carbons (Fsp3) is 0.350. The minimum Gasteiger partial charge on any atom is -0.465 e. The van der Waals surface area contributed by atoms with Gasteiger partial charge in [0.1, 0.15) is 5.82 Å². The van der Waals surface area contributed by atoms with Gasteiger partial charge in [0.15, 0.2) is 0 Å². The highest BCUT2D eigenvalue weighted by Gasteiger charge is 2.21. The Hall–Kier alpha value is -3.09. The fourth-order valence-electron chi connectivity index (χ4n) is 3.04. The second-order valence-electron chi connectivity index (χ2n) is 6.30. The standard InChI is InChI=1S/C20H24N4O3/c1-27-20(26)16-5-7-17(8-6-16)21-11-9-19(25)24-14-12-23(13-15-24)18-4-2-3-10-22-18/h2-8,10,21H,9,11-15H2,1H3. The van der Waals surface area contributed by atoms with Crippen LogP contribution in [-0.4, -0.2) is 61.6 Å². The predicted molar refractivity (Wildman–Crippen MR) is 104 cm³/mol. The molecule has 7 heteroatoms. The maximum absolute atomic E-state index is 12.4. The van der Waals surface area contributed by atoms with Crippen molar-refractivity contribution in [3.8, 4) is 0 Å². The lowest BCUT2D eigenvalue weighted by Gasteiger charge is -2.35. The van der Waals surface area contributed by atoms with Gasteiger partial charge in [-0.1, -0.05) is 6.07 Å². The Morgan fingerprint density at radius 2 is 1.81 bits per heavy atom. The molecule has 2 heterocycles. The first-order chi connectivity index (χ1) is 13.2. The summed E-state index contributed by atoms with van der Waals surface area (Å²) in [6.07, 6.45) is 2.22. The number of pyridine rings is 1. The number of aromatic nitrogens is 1. The number of amides is 1. The Bertz CT molecular complexity index is 757. The van der Waals surface area contributed by atoms with Crippen LogP contribution < -0.4 is 10.2 Å². The van der Waals surface area contributed by atoms with Crippen LogP contribution in [0.3, 0.4) is 0 Å². The molecule has 1 aliphatic rings. The Kier molecular flexibility index (Phi) is 6.25. The van der Waals surface area contributed by atoms with E-state index in [0.29, 0.717) is 31.6 Å². The van der Waals surface area contributed by atoms with E-state index in [-0.39, 0.29) is 11.9 Å². The summed E-state index contributed by atoms with van der Waals surface area (Å²) < 4.78 is 4.67. The van der Waals surface area contributed by atoms with Crippen molar-refractivity contribution >= 4 is 23.4 Å². The van der Waals surface area contributed by atoms with Crippen molar-refractivity contribution in [1.82, 2.24) is 9.88 Å². The van der Waals surface area contributed by atoms with Crippen LogP contribution in [0.5, 0.6) is 0 Å². The first kappa shape index (κ1) is 18.7. The van der Waals surface area contributed by atoms with Gasteiger partial charge in [0.25, 0.3) is 0 Å². The van der Waals surface area contributed by atoms with Gasteiger partial charge in [-0.05, 0) is 36.4 Å². The lowest BCUT2D eigenvalue weighted by Crippen LogP contribution is -2.49. The van der Waals surface area contributed by atoms with Gasteiger partial charge in [0, 0.05) is 51.0 Å². The van der Waals surface area contributed by atoms with E-state index in [4.69, 9.17) is 0 Å². The first-order valence-corrected chi connectivity index (χ1v) is 9.03. The summed E-state index contributed by atoms with van der Waals surface area (Å²) in [5.41, 5.74) is 1.38. The lowest BCUT2D eigenvalue weighted by molar-refractivity contribution is -0.131. The summed E-state index contributed by atoms with van der Waals surface area (Å²) >= 11 is 0. The molecule has 3 rings (SSSR count). The third kappa shape index (κ3) is 4.97. The average Bonchev–Trinajstić information content (AvgIpc) is 2.74. The molecule has 1 saturated heterocycles. The van der Waals surface area contributed by atoms with Crippen LogP contribution in [0.15, 0.2) is 48.7 Å². The minimum atomic E-state index is -0.360. The molecule has 1 aliphatic heterocycles. The van der Waals surface area contributed by atoms with E-state index in [0.717, 1.165) is 24.6 Å². The van der Waals surface area contributed by atoms with Crippen molar-refractivity contribution in [3.63, 3.8) is 0 Å². The summed E-state index contributed by atoms with van der Waals surface area (Å²) in [5, 5.41) is 3.21. The molecule has 0 bridgehead atoms. The summed E-state index contributed by atoms with van der Waals surface area (Å²) in [5.74, 6) is 0.748. The quantitative estimate of drug-likeness (QED) is 0.787. The first-order valence-electron chi connectivity index (χ1n) is 9.03. The molecule has 1 N–H and O–H groups in total. The van der Waals surface area contributed by atoms with Crippen LogP contribution in [0.2, 0.25) is 0 Å². The van der Waals surface area contributed by atoms with Crippen LogP contribution in [0.1, 0.15) is 16.8 Å². The molecule has 0 aliphatic carbocycles. The van der Waals surface area contributed by atoms with Gasteiger partial charge in [-0.25, -0.2) is 9.78 Å². The fourth-order valence-corrected chi connectivity index (χ4v) is 3.04. The van der Waals surface area contributed by atoms with Gasteiger partial charge in [-0.2, -0.15) is 0 Å². The maximum atomic E-state index is 12.4. The summed E-state index contributed by atoms with van der Waals surface area (Å²) in [4.78, 5) is 32.3. The van der Waals surface area contributed by atoms with Crippen molar-refractivity contribution in [2.24, 2.45) is 0 Å². The molecule has 0 spiro atoms. The smallest absolute Gasteiger partial charge is 0.337 e. The van der Waals surface area contributed by atoms with Gasteiger partial charge in [-0.15, -0.1) is 0 Å². The van der Waals surface area contributed by atoms with Crippen molar-refractivity contribution < 1.29 is 14.3 Å². The lowest BCUT2D eigenvalue weighted by atomic mass is 10.2. The summed E-state index contributed by atoms with van der Waals surface area (Å²) in [6, 6.07) is 12.9. The molecule has 1 amide bonds. The number of piperazine rings is 1. The van der Waals surface area contributed by atoms with Crippen molar-refractivity contribution in [2.45, 2.75) is 6.42 Å². The van der Waals surface area contributed by atoms with E-state index >= 15 is 0 Å². The van der Waals surface area contributed by atoms with Gasteiger partial charge in [0.2, 0.25) is 5.91 Å². The molecule has 0 atom stereocenters. The Morgan fingerprint density at radius 1 is 1.07 bits per heavy atom. The molecule has 1 aromatic heterocycles. The Labute approximate surface area is 158 Å². The number of nitrogens with one attached hydrogen (secondary N) is 1. The average molecular weight is 368 g/mol. The van der Waals surface area contributed by atoms with Gasteiger partial charge in [-0.3, -0.25) is 4.79 Å². The molecular formula is C20H24N4O3. The van der Waals surface area contributed by atoms with E-state index in [9.17, 15) is 9.59 Å². The monoisotopic (exact) mass is 368 g/mol. The number of methoxy groups -OCH3 is 1. The Balaban J connectivity index is 1.40. The van der Waals surface area contributed by atoms with Gasteiger partial charge in [0.05, 0.1) is 12.7 Å². The SMILES string of the molecule is COC(=O)c1ccc(NCCC(=O)N2CCN(c3ccccn3)CC2)cc1. The van der Waals surface area contributed by atoms with Crippen molar-refractivity contribution in [1.29, 1.82) is 0 Å². The molecule has 0 unspecified atom stereocenters. The molecule has 1 aromatic carbocycles. The molecule has 2 aromatic rings. The van der Waals surface area contributed by atoms with Crippen LogP contribution in [0.25, 0.3) is 0 Å². The van der Waals surface area contributed by atoms with E-state index < -0.39 is 0 Å². The topological polar surface area (TPSA) is 74.8 Å². The number of esters is 1. The normalized spacial score (nSPS) is 14.0. The highest BCUT2D eigenvalue weighted by molar-refractivity contribution is 5.89. The number of ether oxygens (including phenoxy) is 1. The molecule has 142 valence electrons. The number of carbonyl (C=O) groups is 2. The van der Waals surface area contributed by atoms with Crippen LogP contribution in [0.4, 0.5) is 11.5 Å². The molecule has 0 saturated carbocycles. The number of nitrogens with zero attached hydrogens (tertiary/aromatic N) is 3. The zero-order valence-corrected chi connectivity index (χ0v) is 15.4. The summed E-state index contributed by atoms with van der Waals surface area (Å²) in [6.45, 7) is 3.57. The predicted octanol–water partition coefficient (Wildman–Crippen LogP) is 2.02. The van der Waals surface area contributed by atoms with Gasteiger partial charge < -0.3 is 19.9 Å². The second kappa shape index (κ2) is 9.02. The van der Waals surface area contributed by atoms with Crippen LogP contribution in [0, 0.1) is 0 Å². The zero-order chi connectivity index (χ0) is 19.1. The third-order valence-corrected chi connectivity index (χ3v) is 4.58. The van der Waals surface area contributed by atoms with Gasteiger partial charge >= 0.3 is 5.97 Å². The Morgan fingerprint density at radius 3 is 2.44 bits per heavy atom. The molecule has 7 nitrogen and oxygen atoms in total. The van der Waals surface area contributed by atoms with E-state index in [1.165, 1.54) is 7.11 Å². The van der Waals surface area contributed by atoms with E-state index in [2.05, 4.69) is 19.9 Å². The number of hydrogen-bond donors (Lipinski definition) is 1. The third-order valence-electron chi connectivity index (χ3n) is 4.58. The van der Waals surface area contributed by atoms with E-state index in [1.807, 2.05) is 35.2 Å². The molecular weight excluding hydrogens is 344 g/mol. The molecule has 27 heavy (non-hydrogen) atoms. The molecule has 1 fully saturated rings. The zero-order valence-electron chi connectivity index (χ0n) is 15.4. The highest BCUT2D eigenvalue weighted by Crippen LogP contribution is 2.14. The molecule has 0 radical (unpaired) electrons. The van der Waals surface area contributed by atoms with Crippen LogP contribution >= 0.6 is 0 Å². The number of benzene rings is 1. The van der Waals surface area contributed by atoms with Crippen LogP contribution in [-0.2, 0) is 9.53 Å². The highest BCUT2D eigenvalue weighted by atomic mass is 16.5. The number of rotatable bonds is 6. The largest absolute Gasteiger partial charge is 0.465 e. The van der Waals surface area contributed by atoms with Crippen molar-refractivity contribution in [3.05, 3.63) is 54.2 Å². The second-order valence-corrected chi connectivity index (χ2v) is 6.30. The number of hydrogen-bond acceptors (Lipinski definition) is 6. The number of anilines is 2. The minimum absolute atomic E-state index is 0.148. The van der Waals surface area contributed by atoms with Crippen molar-refractivity contribution in [2.75, 3.05) is 50.1 Å².